The summed E-state index contributed by atoms with van der Waals surface area (Å²) in [5, 5.41) is 19.0. The number of hydrogen-bond acceptors (Lipinski definition) is 2. The van der Waals surface area contributed by atoms with E-state index in [-0.39, 0.29) is 12.5 Å². The minimum atomic E-state index is -0.760. The number of carbonyl (C=O) groups is 1. The summed E-state index contributed by atoms with van der Waals surface area (Å²) < 4.78 is 0.576. The van der Waals surface area contributed by atoms with Crippen LogP contribution in [0.1, 0.15) is 129 Å². The van der Waals surface area contributed by atoms with Crippen LogP contribution in [0.5, 0.6) is 0 Å². The Morgan fingerprint density at radius 2 is 1.07 bits per heavy atom. The monoisotopic (exact) mass is 428 g/mol. The van der Waals surface area contributed by atoms with Gasteiger partial charge in [-0.1, -0.05) is 116 Å². The van der Waals surface area contributed by atoms with E-state index in [4.69, 9.17) is 5.11 Å². The fraction of sp³-hybridized carbons (Fsp3) is 0.962. The average molecular weight is 429 g/mol. The van der Waals surface area contributed by atoms with Gasteiger partial charge in [-0.3, -0.25) is 4.79 Å². The minimum absolute atomic E-state index is 0.166. The van der Waals surface area contributed by atoms with E-state index in [0.717, 1.165) is 12.8 Å². The van der Waals surface area contributed by atoms with Gasteiger partial charge in [0, 0.05) is 0 Å². The van der Waals surface area contributed by atoms with E-state index >= 15 is 0 Å². The lowest BCUT2D eigenvalue weighted by Gasteiger charge is -2.31. The Morgan fingerprint density at radius 3 is 1.43 bits per heavy atom. The molecule has 1 atom stereocenters. The highest BCUT2D eigenvalue weighted by Crippen LogP contribution is 2.15. The van der Waals surface area contributed by atoms with Crippen LogP contribution in [0, 0.1) is 0 Å². The van der Waals surface area contributed by atoms with Gasteiger partial charge in [-0.2, -0.15) is 0 Å². The molecule has 180 valence electrons. The Hall–Kier alpha value is -0.610. The molecule has 0 heterocycles. The van der Waals surface area contributed by atoms with Gasteiger partial charge in [-0.05, 0) is 6.42 Å². The van der Waals surface area contributed by atoms with Crippen molar-refractivity contribution in [3.8, 4) is 0 Å². The Balaban J connectivity index is 3.31. The van der Waals surface area contributed by atoms with Crippen LogP contribution in [0.2, 0.25) is 0 Å². The highest BCUT2D eigenvalue weighted by Gasteiger charge is 2.21. The summed E-state index contributed by atoms with van der Waals surface area (Å²) >= 11 is 0. The summed E-state index contributed by atoms with van der Waals surface area (Å²) in [5.74, 6) is -0.760. The van der Waals surface area contributed by atoms with E-state index in [0.29, 0.717) is 17.6 Å². The fourth-order valence-corrected chi connectivity index (χ4v) is 4.26. The first-order valence-electron chi connectivity index (χ1n) is 13.1. The van der Waals surface area contributed by atoms with Crippen LogP contribution in [-0.2, 0) is 4.79 Å². The lowest BCUT2D eigenvalue weighted by Crippen LogP contribution is -2.46. The molecule has 0 saturated heterocycles. The second-order valence-corrected chi connectivity index (χ2v) is 10.1. The van der Waals surface area contributed by atoms with Crippen LogP contribution < -0.4 is 0 Å². The standard InChI is InChI=1S/C26H53NO3/c1-4-5-6-7-8-9-10-11-12-13-14-15-16-17-18-19-20-21-25(28)24-27(2,3)23-22-26(29)30/h25,28H,4-24H2,1-3H3/p+1. The molecule has 0 amide bonds. The number of hydrogen-bond donors (Lipinski definition) is 2. The summed E-state index contributed by atoms with van der Waals surface area (Å²) in [6, 6.07) is 0. The van der Waals surface area contributed by atoms with Crippen LogP contribution in [-0.4, -0.2) is 54.0 Å². The van der Waals surface area contributed by atoms with Gasteiger partial charge in [0.2, 0.25) is 0 Å². The largest absolute Gasteiger partial charge is 0.481 e. The first-order chi connectivity index (χ1) is 14.4. The molecule has 0 aliphatic carbocycles. The van der Waals surface area contributed by atoms with Gasteiger partial charge in [-0.25, -0.2) is 0 Å². The van der Waals surface area contributed by atoms with Crippen molar-refractivity contribution in [1.82, 2.24) is 0 Å². The molecule has 0 aromatic rings. The van der Waals surface area contributed by atoms with Crippen LogP contribution in [0.3, 0.4) is 0 Å². The number of unbranched alkanes of at least 4 members (excludes halogenated alkanes) is 16. The summed E-state index contributed by atoms with van der Waals surface area (Å²) in [5.41, 5.74) is 0. The third kappa shape index (κ3) is 22.1. The number of nitrogens with zero attached hydrogens (tertiary/aromatic N) is 1. The summed E-state index contributed by atoms with van der Waals surface area (Å²) in [6.07, 6.45) is 24.0. The number of aliphatic carboxylic acids is 1. The molecule has 0 aliphatic rings. The lowest BCUT2D eigenvalue weighted by molar-refractivity contribution is -0.892. The topological polar surface area (TPSA) is 57.5 Å². The lowest BCUT2D eigenvalue weighted by atomic mass is 10.0. The predicted molar refractivity (Wildman–Crippen MR) is 129 cm³/mol. The van der Waals surface area contributed by atoms with Gasteiger partial charge in [0.25, 0.3) is 0 Å². The van der Waals surface area contributed by atoms with E-state index < -0.39 is 5.97 Å². The number of aliphatic hydroxyl groups is 1. The molecule has 1 unspecified atom stereocenters. The van der Waals surface area contributed by atoms with Crippen molar-refractivity contribution in [3.05, 3.63) is 0 Å². The van der Waals surface area contributed by atoms with Gasteiger partial charge in [0.05, 0.1) is 27.1 Å². The van der Waals surface area contributed by atoms with Gasteiger partial charge >= 0.3 is 5.97 Å². The number of carboxylic acid groups (broad SMARTS) is 1. The Kier molecular flexibility index (Phi) is 19.9. The molecular weight excluding hydrogens is 374 g/mol. The van der Waals surface area contributed by atoms with E-state index in [1.807, 2.05) is 14.1 Å². The Bertz CT molecular complexity index is 384. The molecule has 0 aromatic heterocycles. The zero-order chi connectivity index (χ0) is 22.5. The summed E-state index contributed by atoms with van der Waals surface area (Å²) in [4.78, 5) is 10.7. The van der Waals surface area contributed by atoms with E-state index in [1.165, 1.54) is 103 Å². The molecule has 0 spiro atoms. The SMILES string of the molecule is CCCCCCCCCCCCCCCCCCCC(O)C[N+](C)(C)CCC(=O)O. The number of rotatable bonds is 23. The third-order valence-electron chi connectivity index (χ3n) is 6.28. The van der Waals surface area contributed by atoms with Crippen molar-refractivity contribution in [1.29, 1.82) is 0 Å². The quantitative estimate of drug-likeness (QED) is 0.137. The molecular formula is C26H54NO3+. The highest BCUT2D eigenvalue weighted by molar-refractivity contribution is 5.66. The predicted octanol–water partition coefficient (Wildman–Crippen LogP) is 6.94. The molecule has 0 radical (unpaired) electrons. The normalized spacial score (nSPS) is 12.9. The van der Waals surface area contributed by atoms with Crippen LogP contribution in [0.15, 0.2) is 0 Å². The van der Waals surface area contributed by atoms with Crippen molar-refractivity contribution in [2.75, 3.05) is 27.2 Å². The maximum atomic E-state index is 10.7. The molecule has 0 aliphatic heterocycles. The maximum Gasteiger partial charge on any atom is 0.309 e. The first-order valence-corrected chi connectivity index (χ1v) is 13.1. The van der Waals surface area contributed by atoms with E-state index in [2.05, 4.69) is 6.92 Å². The summed E-state index contributed by atoms with van der Waals surface area (Å²) in [7, 11) is 4.00. The smallest absolute Gasteiger partial charge is 0.309 e. The molecule has 0 fully saturated rings. The fourth-order valence-electron chi connectivity index (χ4n) is 4.26. The van der Waals surface area contributed by atoms with E-state index in [9.17, 15) is 9.90 Å². The van der Waals surface area contributed by atoms with Crippen LogP contribution in [0.25, 0.3) is 0 Å². The van der Waals surface area contributed by atoms with Gasteiger partial charge in [-0.15, -0.1) is 0 Å². The molecule has 0 aromatic carbocycles. The highest BCUT2D eigenvalue weighted by atomic mass is 16.4. The van der Waals surface area contributed by atoms with Crippen LogP contribution in [0.4, 0.5) is 0 Å². The molecule has 4 heteroatoms. The van der Waals surface area contributed by atoms with Crippen molar-refractivity contribution in [2.45, 2.75) is 135 Å². The zero-order valence-electron chi connectivity index (χ0n) is 20.7. The van der Waals surface area contributed by atoms with Crippen LogP contribution >= 0.6 is 0 Å². The molecule has 0 rings (SSSR count). The van der Waals surface area contributed by atoms with Crippen molar-refractivity contribution >= 4 is 5.97 Å². The second-order valence-electron chi connectivity index (χ2n) is 10.1. The molecule has 30 heavy (non-hydrogen) atoms. The zero-order valence-corrected chi connectivity index (χ0v) is 20.7. The first kappa shape index (κ1) is 29.4. The minimum Gasteiger partial charge on any atom is -0.481 e. The number of quaternary nitrogens is 1. The van der Waals surface area contributed by atoms with Gasteiger partial charge in [0.1, 0.15) is 12.6 Å². The van der Waals surface area contributed by atoms with Gasteiger partial charge in [0.15, 0.2) is 0 Å². The van der Waals surface area contributed by atoms with Gasteiger partial charge < -0.3 is 14.7 Å². The second kappa shape index (κ2) is 20.3. The number of aliphatic hydroxyl groups excluding tert-OH is 1. The Morgan fingerprint density at radius 1 is 0.700 bits per heavy atom. The molecule has 4 nitrogen and oxygen atoms in total. The third-order valence-corrected chi connectivity index (χ3v) is 6.28. The average Bonchev–Trinajstić information content (AvgIpc) is 2.68. The summed E-state index contributed by atoms with van der Waals surface area (Å²) in [6.45, 7) is 3.50. The van der Waals surface area contributed by atoms with E-state index in [1.54, 1.807) is 0 Å². The van der Waals surface area contributed by atoms with Crippen molar-refractivity contribution in [3.63, 3.8) is 0 Å². The molecule has 0 saturated carbocycles. The van der Waals surface area contributed by atoms with Crippen molar-refractivity contribution < 1.29 is 19.5 Å². The molecule has 2 N–H and O–H groups in total. The maximum absolute atomic E-state index is 10.7. The number of carboxylic acids is 1. The molecule has 0 bridgehead atoms. The Labute approximate surface area is 188 Å². The van der Waals surface area contributed by atoms with Crippen molar-refractivity contribution in [2.24, 2.45) is 0 Å². The number of likely N-dealkylation sites (N-methyl/N-ethyl adjacent to an activating group) is 1.